The minimum atomic E-state index is -0.323. The summed E-state index contributed by atoms with van der Waals surface area (Å²) in [6, 6.07) is 5.41. The van der Waals surface area contributed by atoms with E-state index >= 15 is 0 Å². The fourth-order valence-electron chi connectivity index (χ4n) is 0.592. The third-order valence-corrected chi connectivity index (χ3v) is 0.922. The SMILES string of the molecule is CC(=O)O[n+]1ccccc1.N. The minimum absolute atomic E-state index is 0. The number of nitrogens with zero attached hydrogens (tertiary/aromatic N) is 1. The Balaban J connectivity index is 0.000001000. The summed E-state index contributed by atoms with van der Waals surface area (Å²) in [5.74, 6) is -0.323. The van der Waals surface area contributed by atoms with Crippen molar-refractivity contribution in [1.29, 1.82) is 0 Å². The van der Waals surface area contributed by atoms with E-state index in [9.17, 15) is 4.79 Å². The molecule has 0 aliphatic heterocycles. The van der Waals surface area contributed by atoms with E-state index in [4.69, 9.17) is 4.84 Å². The number of carbonyl (C=O) groups excluding carboxylic acids is 1. The fourth-order valence-corrected chi connectivity index (χ4v) is 0.592. The maximum absolute atomic E-state index is 10.4. The lowest BCUT2D eigenvalue weighted by molar-refractivity contribution is -0.869. The van der Waals surface area contributed by atoms with Gasteiger partial charge in [0.2, 0.25) is 12.4 Å². The number of rotatable bonds is 1. The molecule has 3 N–H and O–H groups in total. The highest BCUT2D eigenvalue weighted by molar-refractivity contribution is 5.65. The lowest BCUT2D eigenvalue weighted by atomic mass is 10.5. The Bertz CT molecular complexity index is 223. The smallest absolute Gasteiger partial charge is 0.344 e. The van der Waals surface area contributed by atoms with Crippen LogP contribution in [-0.2, 0) is 4.79 Å². The van der Waals surface area contributed by atoms with Crippen molar-refractivity contribution >= 4 is 5.97 Å². The predicted molar refractivity (Wildman–Crippen MR) is 38.9 cm³/mol. The lowest BCUT2D eigenvalue weighted by Crippen LogP contribution is -2.43. The second kappa shape index (κ2) is 4.40. The quantitative estimate of drug-likeness (QED) is 0.585. The van der Waals surface area contributed by atoms with Crippen molar-refractivity contribution in [3.05, 3.63) is 30.6 Å². The van der Waals surface area contributed by atoms with E-state index in [0.29, 0.717) is 0 Å². The first kappa shape index (κ1) is 9.58. The molecule has 60 valence electrons. The highest BCUT2D eigenvalue weighted by atomic mass is 16.7. The number of pyridine rings is 1. The van der Waals surface area contributed by atoms with Crippen LogP contribution in [0.15, 0.2) is 30.6 Å². The zero-order valence-corrected chi connectivity index (χ0v) is 6.36. The Hall–Kier alpha value is -1.42. The molecule has 0 amide bonds. The molecule has 1 heterocycles. The zero-order valence-electron chi connectivity index (χ0n) is 6.36. The molecule has 0 fully saturated rings. The van der Waals surface area contributed by atoms with Crippen molar-refractivity contribution < 1.29 is 14.4 Å². The average Bonchev–Trinajstić information content (AvgIpc) is 1.88. The van der Waals surface area contributed by atoms with Crippen LogP contribution in [0.25, 0.3) is 0 Å². The highest BCUT2D eigenvalue weighted by Gasteiger charge is 2.00. The van der Waals surface area contributed by atoms with Crippen LogP contribution >= 0.6 is 0 Å². The van der Waals surface area contributed by atoms with Crippen LogP contribution in [0.2, 0.25) is 0 Å². The summed E-state index contributed by atoms with van der Waals surface area (Å²) in [7, 11) is 0. The molecule has 0 saturated heterocycles. The zero-order chi connectivity index (χ0) is 7.40. The van der Waals surface area contributed by atoms with Gasteiger partial charge in [-0.05, 0) is 0 Å². The van der Waals surface area contributed by atoms with Crippen LogP contribution in [-0.4, -0.2) is 5.97 Å². The van der Waals surface area contributed by atoms with Gasteiger partial charge in [-0.25, -0.2) is 4.79 Å². The Kier molecular flexibility index (Phi) is 3.84. The van der Waals surface area contributed by atoms with Crippen molar-refractivity contribution in [2.75, 3.05) is 0 Å². The summed E-state index contributed by atoms with van der Waals surface area (Å²) in [5, 5.41) is 0. The second-order valence-corrected chi connectivity index (χ2v) is 1.82. The summed E-state index contributed by atoms with van der Waals surface area (Å²) in [6.45, 7) is 1.36. The number of carbonyl (C=O) groups is 1. The van der Waals surface area contributed by atoms with Gasteiger partial charge in [-0.1, -0.05) is 6.07 Å². The first-order valence-corrected chi connectivity index (χ1v) is 2.94. The van der Waals surface area contributed by atoms with E-state index in [1.54, 1.807) is 24.5 Å². The van der Waals surface area contributed by atoms with Gasteiger partial charge in [-0.2, -0.15) is 4.84 Å². The van der Waals surface area contributed by atoms with Crippen molar-refractivity contribution in [2.45, 2.75) is 6.92 Å². The Morgan fingerprint density at radius 3 is 2.27 bits per heavy atom. The first-order chi connectivity index (χ1) is 4.79. The molecule has 0 radical (unpaired) electrons. The van der Waals surface area contributed by atoms with Crippen molar-refractivity contribution in [1.82, 2.24) is 6.15 Å². The normalized spacial score (nSPS) is 8.09. The van der Waals surface area contributed by atoms with E-state index in [0.717, 1.165) is 0 Å². The maximum Gasteiger partial charge on any atom is 0.377 e. The molecule has 0 spiro atoms. The lowest BCUT2D eigenvalue weighted by Gasteiger charge is -1.88. The topological polar surface area (TPSA) is 65.2 Å². The van der Waals surface area contributed by atoms with Crippen LogP contribution < -0.4 is 15.7 Å². The molecule has 11 heavy (non-hydrogen) atoms. The van der Waals surface area contributed by atoms with Gasteiger partial charge in [-0.15, -0.1) is 0 Å². The van der Waals surface area contributed by atoms with E-state index in [1.807, 2.05) is 6.07 Å². The number of hydrogen-bond donors (Lipinski definition) is 1. The predicted octanol–water partition coefficient (Wildman–Crippen LogP) is 0.111. The summed E-state index contributed by atoms with van der Waals surface area (Å²) in [4.78, 5) is 15.1. The van der Waals surface area contributed by atoms with Crippen LogP contribution in [0.5, 0.6) is 0 Å². The Morgan fingerprint density at radius 2 is 1.82 bits per heavy atom. The van der Waals surface area contributed by atoms with Crippen LogP contribution in [0.3, 0.4) is 0 Å². The van der Waals surface area contributed by atoms with Gasteiger partial charge in [0.25, 0.3) is 0 Å². The molecule has 0 aliphatic carbocycles. The molecule has 0 atom stereocenters. The van der Waals surface area contributed by atoms with Crippen molar-refractivity contribution in [3.8, 4) is 0 Å². The van der Waals surface area contributed by atoms with Gasteiger partial charge < -0.3 is 6.15 Å². The average molecular weight is 155 g/mol. The molecule has 4 nitrogen and oxygen atoms in total. The van der Waals surface area contributed by atoms with Gasteiger partial charge in [0, 0.05) is 23.8 Å². The molecule has 0 unspecified atom stereocenters. The number of aromatic nitrogens is 1. The van der Waals surface area contributed by atoms with Crippen molar-refractivity contribution in [3.63, 3.8) is 0 Å². The molecular formula is C7H11N2O2+. The fraction of sp³-hybridized carbons (Fsp3) is 0.143. The third-order valence-electron chi connectivity index (χ3n) is 0.922. The largest absolute Gasteiger partial charge is 0.377 e. The molecular weight excluding hydrogens is 144 g/mol. The Labute approximate surface area is 65.0 Å². The molecule has 1 rings (SSSR count). The number of hydrogen-bond acceptors (Lipinski definition) is 3. The maximum atomic E-state index is 10.4. The minimum Gasteiger partial charge on any atom is -0.344 e. The summed E-state index contributed by atoms with van der Waals surface area (Å²) in [6.07, 6.45) is 3.31. The van der Waals surface area contributed by atoms with Gasteiger partial charge >= 0.3 is 5.97 Å². The highest BCUT2D eigenvalue weighted by Crippen LogP contribution is 1.74. The van der Waals surface area contributed by atoms with Crippen molar-refractivity contribution in [2.24, 2.45) is 0 Å². The standard InChI is InChI=1S/C7H8NO2.H3N/c1-7(9)10-8-5-3-2-4-6-8;/h2-6H,1H3;1H3/q+1;. The van der Waals surface area contributed by atoms with Gasteiger partial charge in [0.1, 0.15) is 0 Å². The van der Waals surface area contributed by atoms with Crippen LogP contribution in [0, 0.1) is 0 Å². The molecule has 0 bridgehead atoms. The molecule has 4 heteroatoms. The van der Waals surface area contributed by atoms with Crippen LogP contribution in [0.4, 0.5) is 0 Å². The van der Waals surface area contributed by atoms with Gasteiger partial charge in [0.05, 0.1) is 0 Å². The third kappa shape index (κ3) is 3.32. The molecule has 1 aromatic rings. The van der Waals surface area contributed by atoms with Gasteiger partial charge in [-0.3, -0.25) is 0 Å². The van der Waals surface area contributed by atoms with Gasteiger partial charge in [0.15, 0.2) is 0 Å². The summed E-state index contributed by atoms with van der Waals surface area (Å²) >= 11 is 0. The first-order valence-electron chi connectivity index (χ1n) is 2.94. The van der Waals surface area contributed by atoms with Crippen LogP contribution in [0.1, 0.15) is 6.92 Å². The molecule has 0 aromatic carbocycles. The molecule has 0 saturated carbocycles. The molecule has 0 aliphatic rings. The summed E-state index contributed by atoms with van der Waals surface area (Å²) in [5.41, 5.74) is 0. The van der Waals surface area contributed by atoms with E-state index in [1.165, 1.54) is 11.7 Å². The van der Waals surface area contributed by atoms with E-state index < -0.39 is 0 Å². The Morgan fingerprint density at radius 1 is 1.27 bits per heavy atom. The molecule has 1 aromatic heterocycles. The second-order valence-electron chi connectivity index (χ2n) is 1.82. The monoisotopic (exact) mass is 155 g/mol. The van der Waals surface area contributed by atoms with E-state index in [-0.39, 0.29) is 12.1 Å². The summed E-state index contributed by atoms with van der Waals surface area (Å²) < 4.78 is 1.35. The van der Waals surface area contributed by atoms with E-state index in [2.05, 4.69) is 0 Å².